The lowest BCUT2D eigenvalue weighted by atomic mass is 10.2. The SMILES string of the molecule is C=CCNS(=O)(=O)c1ccc2c(c1)OC(C)C(=O)N2. The molecule has 1 aliphatic rings. The Balaban J connectivity index is 2.34. The minimum atomic E-state index is -3.60. The molecule has 0 spiro atoms. The van der Waals surface area contributed by atoms with Gasteiger partial charge in [-0.25, -0.2) is 13.1 Å². The van der Waals surface area contributed by atoms with Crippen molar-refractivity contribution in [1.82, 2.24) is 4.72 Å². The molecule has 19 heavy (non-hydrogen) atoms. The van der Waals surface area contributed by atoms with Crippen LogP contribution < -0.4 is 14.8 Å². The molecule has 1 unspecified atom stereocenters. The van der Waals surface area contributed by atoms with Crippen LogP contribution in [0, 0.1) is 0 Å². The van der Waals surface area contributed by atoms with E-state index in [-0.39, 0.29) is 17.3 Å². The Morgan fingerprint density at radius 3 is 2.95 bits per heavy atom. The molecule has 1 amide bonds. The molecular formula is C12H14N2O4S. The fourth-order valence-electron chi connectivity index (χ4n) is 1.60. The van der Waals surface area contributed by atoms with Gasteiger partial charge in [0.05, 0.1) is 10.6 Å². The van der Waals surface area contributed by atoms with Crippen molar-refractivity contribution in [3.8, 4) is 5.75 Å². The van der Waals surface area contributed by atoms with Crippen LogP contribution in [0.1, 0.15) is 6.92 Å². The highest BCUT2D eigenvalue weighted by atomic mass is 32.2. The van der Waals surface area contributed by atoms with Gasteiger partial charge in [0, 0.05) is 12.6 Å². The predicted molar refractivity (Wildman–Crippen MR) is 70.5 cm³/mol. The van der Waals surface area contributed by atoms with E-state index in [4.69, 9.17) is 4.74 Å². The summed E-state index contributed by atoms with van der Waals surface area (Å²) in [5, 5.41) is 2.64. The highest BCUT2D eigenvalue weighted by Gasteiger charge is 2.25. The zero-order chi connectivity index (χ0) is 14.0. The largest absolute Gasteiger partial charge is 0.479 e. The standard InChI is InChI=1S/C12H14N2O4S/c1-3-6-13-19(16,17)9-4-5-10-11(7-9)18-8(2)12(15)14-10/h3-5,7-8,13H,1,6H2,2H3,(H,14,15). The quantitative estimate of drug-likeness (QED) is 0.803. The second-order valence-corrected chi connectivity index (χ2v) is 5.81. The monoisotopic (exact) mass is 282 g/mol. The molecular weight excluding hydrogens is 268 g/mol. The summed E-state index contributed by atoms with van der Waals surface area (Å²) >= 11 is 0. The van der Waals surface area contributed by atoms with Crippen molar-refractivity contribution >= 4 is 21.6 Å². The van der Waals surface area contributed by atoms with Gasteiger partial charge in [-0.2, -0.15) is 0 Å². The molecule has 0 radical (unpaired) electrons. The van der Waals surface area contributed by atoms with Crippen molar-refractivity contribution in [2.24, 2.45) is 0 Å². The van der Waals surface area contributed by atoms with Crippen LogP contribution in [-0.2, 0) is 14.8 Å². The van der Waals surface area contributed by atoms with Crippen LogP contribution in [0.5, 0.6) is 5.75 Å². The summed E-state index contributed by atoms with van der Waals surface area (Å²) in [6.07, 6.45) is 0.806. The highest BCUT2D eigenvalue weighted by molar-refractivity contribution is 7.89. The van der Waals surface area contributed by atoms with E-state index in [9.17, 15) is 13.2 Å². The first-order valence-corrected chi connectivity index (χ1v) is 7.14. The molecule has 0 aliphatic carbocycles. The van der Waals surface area contributed by atoms with Crippen molar-refractivity contribution < 1.29 is 17.9 Å². The average molecular weight is 282 g/mol. The molecule has 7 heteroatoms. The van der Waals surface area contributed by atoms with Crippen LogP contribution in [0.4, 0.5) is 5.69 Å². The van der Waals surface area contributed by atoms with E-state index in [1.54, 1.807) is 6.92 Å². The molecule has 102 valence electrons. The minimum absolute atomic E-state index is 0.0800. The smallest absolute Gasteiger partial charge is 0.265 e. The Morgan fingerprint density at radius 2 is 2.26 bits per heavy atom. The molecule has 1 aromatic carbocycles. The van der Waals surface area contributed by atoms with Crippen LogP contribution in [0.3, 0.4) is 0 Å². The van der Waals surface area contributed by atoms with Crippen LogP contribution in [0.15, 0.2) is 35.7 Å². The molecule has 2 N–H and O–H groups in total. The Labute approximate surface area is 111 Å². The molecule has 1 aliphatic heterocycles. The Hall–Kier alpha value is -1.86. The fraction of sp³-hybridized carbons (Fsp3) is 0.250. The van der Waals surface area contributed by atoms with E-state index in [0.29, 0.717) is 11.4 Å². The molecule has 0 aromatic heterocycles. The average Bonchev–Trinajstić information content (AvgIpc) is 2.37. The summed E-state index contributed by atoms with van der Waals surface area (Å²) < 4.78 is 31.6. The lowest BCUT2D eigenvalue weighted by Gasteiger charge is -2.23. The predicted octanol–water partition coefficient (Wildman–Crippen LogP) is 0.870. The van der Waals surface area contributed by atoms with Crippen LogP contribution in [0.2, 0.25) is 0 Å². The number of nitrogens with one attached hydrogen (secondary N) is 2. The first-order chi connectivity index (χ1) is 8.94. The number of rotatable bonds is 4. The molecule has 1 atom stereocenters. The lowest BCUT2D eigenvalue weighted by molar-refractivity contribution is -0.122. The second-order valence-electron chi connectivity index (χ2n) is 4.05. The number of hydrogen-bond acceptors (Lipinski definition) is 4. The van der Waals surface area contributed by atoms with Gasteiger partial charge in [-0.15, -0.1) is 6.58 Å². The second kappa shape index (κ2) is 5.02. The summed E-state index contributed by atoms with van der Waals surface area (Å²) in [5.41, 5.74) is 0.464. The zero-order valence-corrected chi connectivity index (χ0v) is 11.2. The van der Waals surface area contributed by atoms with E-state index >= 15 is 0 Å². The molecule has 0 fully saturated rings. The maximum atomic E-state index is 11.9. The Morgan fingerprint density at radius 1 is 1.53 bits per heavy atom. The summed E-state index contributed by atoms with van der Waals surface area (Å²) in [6, 6.07) is 4.29. The molecule has 6 nitrogen and oxygen atoms in total. The normalized spacial score (nSPS) is 18.2. The van der Waals surface area contributed by atoms with Crippen molar-refractivity contribution in [2.45, 2.75) is 17.9 Å². The van der Waals surface area contributed by atoms with E-state index in [2.05, 4.69) is 16.6 Å². The summed E-state index contributed by atoms with van der Waals surface area (Å²) in [6.45, 7) is 5.19. The van der Waals surface area contributed by atoms with Gasteiger partial charge in [-0.1, -0.05) is 6.08 Å². The first-order valence-electron chi connectivity index (χ1n) is 5.66. The minimum Gasteiger partial charge on any atom is -0.479 e. The van der Waals surface area contributed by atoms with Gasteiger partial charge in [-0.3, -0.25) is 4.79 Å². The number of amides is 1. The maximum absolute atomic E-state index is 11.9. The van der Waals surface area contributed by atoms with Crippen molar-refractivity contribution in [2.75, 3.05) is 11.9 Å². The number of anilines is 1. The van der Waals surface area contributed by atoms with E-state index in [1.165, 1.54) is 24.3 Å². The van der Waals surface area contributed by atoms with Gasteiger partial charge in [0.25, 0.3) is 5.91 Å². The van der Waals surface area contributed by atoms with Gasteiger partial charge in [-0.05, 0) is 19.1 Å². The lowest BCUT2D eigenvalue weighted by Crippen LogP contribution is -2.34. The molecule has 2 rings (SSSR count). The Bertz CT molecular complexity index is 625. The third kappa shape index (κ3) is 2.77. The number of hydrogen-bond donors (Lipinski definition) is 2. The number of fused-ring (bicyclic) bond motifs is 1. The van der Waals surface area contributed by atoms with E-state index in [0.717, 1.165) is 0 Å². The van der Waals surface area contributed by atoms with Gasteiger partial charge in [0.15, 0.2) is 6.10 Å². The Kier molecular flexibility index (Phi) is 3.59. The van der Waals surface area contributed by atoms with E-state index < -0.39 is 16.1 Å². The van der Waals surface area contributed by atoms with Crippen molar-refractivity contribution in [3.05, 3.63) is 30.9 Å². The van der Waals surface area contributed by atoms with Crippen LogP contribution in [0.25, 0.3) is 0 Å². The van der Waals surface area contributed by atoms with Gasteiger partial charge < -0.3 is 10.1 Å². The summed E-state index contributed by atoms with van der Waals surface area (Å²) in [4.78, 5) is 11.5. The molecule has 0 saturated heterocycles. The topological polar surface area (TPSA) is 84.5 Å². The van der Waals surface area contributed by atoms with Crippen molar-refractivity contribution in [3.63, 3.8) is 0 Å². The number of benzene rings is 1. The zero-order valence-electron chi connectivity index (χ0n) is 10.3. The number of carbonyl (C=O) groups excluding carboxylic acids is 1. The third-order valence-corrected chi connectivity index (χ3v) is 4.03. The maximum Gasteiger partial charge on any atom is 0.265 e. The van der Waals surface area contributed by atoms with Gasteiger partial charge >= 0.3 is 0 Å². The number of sulfonamides is 1. The molecule has 0 bridgehead atoms. The van der Waals surface area contributed by atoms with Crippen LogP contribution in [-0.4, -0.2) is 27.0 Å². The van der Waals surface area contributed by atoms with Gasteiger partial charge in [0.2, 0.25) is 10.0 Å². The molecule has 1 heterocycles. The summed E-state index contributed by atoms with van der Waals surface area (Å²) in [5.74, 6) is 0.0847. The van der Waals surface area contributed by atoms with Crippen molar-refractivity contribution in [1.29, 1.82) is 0 Å². The molecule has 0 saturated carbocycles. The number of ether oxygens (including phenoxy) is 1. The third-order valence-electron chi connectivity index (χ3n) is 2.61. The molecule has 1 aromatic rings. The fourth-order valence-corrected chi connectivity index (χ4v) is 2.61. The van der Waals surface area contributed by atoms with E-state index in [1.807, 2.05) is 0 Å². The highest BCUT2D eigenvalue weighted by Crippen LogP contribution is 2.31. The first kappa shape index (κ1) is 13.6. The van der Waals surface area contributed by atoms with Gasteiger partial charge in [0.1, 0.15) is 5.75 Å². The number of carbonyl (C=O) groups is 1. The summed E-state index contributed by atoms with van der Waals surface area (Å²) in [7, 11) is -3.60. The van der Waals surface area contributed by atoms with Crippen LogP contribution >= 0.6 is 0 Å².